The summed E-state index contributed by atoms with van der Waals surface area (Å²) in [5.74, 6) is -2.89. The Labute approximate surface area is 160 Å². The van der Waals surface area contributed by atoms with E-state index in [0.29, 0.717) is 37.4 Å². The van der Waals surface area contributed by atoms with Crippen molar-refractivity contribution in [3.63, 3.8) is 0 Å². The molecule has 1 amide bonds. The summed E-state index contributed by atoms with van der Waals surface area (Å²) in [7, 11) is 0. The zero-order valence-corrected chi connectivity index (χ0v) is 14.9. The maximum atomic E-state index is 13.2. The normalized spacial score (nSPS) is 15.6. The third-order valence-corrected chi connectivity index (χ3v) is 4.73. The summed E-state index contributed by atoms with van der Waals surface area (Å²) in [6.45, 7) is 0.702. The molecule has 3 rings (SSSR count). The Kier molecular flexibility index (Phi) is 5.89. The predicted molar refractivity (Wildman–Crippen MR) is 95.3 cm³/mol. The number of hydrogen-bond acceptors (Lipinski definition) is 4. The molecule has 0 atom stereocenters. The molecule has 1 fully saturated rings. The molecule has 0 radical (unpaired) electrons. The largest absolute Gasteiger partial charge is 0.481 e. The molecule has 8 heteroatoms. The molecule has 0 aromatic heterocycles. The van der Waals surface area contributed by atoms with Crippen LogP contribution in [0.5, 0.6) is 11.5 Å². The SMILES string of the molecule is O=C(NCC1(C(=O)O)CCOCC1)c1ccc(Oc2ccc(F)c(F)c2)cc1. The highest BCUT2D eigenvalue weighted by molar-refractivity contribution is 5.94. The van der Waals surface area contributed by atoms with Gasteiger partial charge in [-0.1, -0.05) is 0 Å². The number of amides is 1. The quantitative estimate of drug-likeness (QED) is 0.789. The lowest BCUT2D eigenvalue weighted by Gasteiger charge is -2.33. The first-order chi connectivity index (χ1) is 13.4. The highest BCUT2D eigenvalue weighted by atomic mass is 19.2. The predicted octanol–water partition coefficient (Wildman–Crippen LogP) is 3.37. The molecule has 1 aliphatic rings. The number of nitrogens with one attached hydrogen (secondary N) is 1. The maximum Gasteiger partial charge on any atom is 0.311 e. The Bertz CT molecular complexity index is 863. The van der Waals surface area contributed by atoms with Crippen LogP contribution in [0.2, 0.25) is 0 Å². The van der Waals surface area contributed by atoms with Gasteiger partial charge in [0.1, 0.15) is 11.5 Å². The zero-order valence-electron chi connectivity index (χ0n) is 14.9. The number of carboxylic acid groups (broad SMARTS) is 1. The van der Waals surface area contributed by atoms with Crippen molar-refractivity contribution in [2.24, 2.45) is 5.41 Å². The standard InChI is InChI=1S/C20H19F2NO5/c21-16-6-5-15(11-17(16)22)28-14-3-1-13(2-4-14)18(24)23-12-20(19(25)26)7-9-27-10-8-20/h1-6,11H,7-10,12H2,(H,23,24)(H,25,26). The highest BCUT2D eigenvalue weighted by Crippen LogP contribution is 2.30. The lowest BCUT2D eigenvalue weighted by molar-refractivity contribution is -0.154. The van der Waals surface area contributed by atoms with Gasteiger partial charge in [0.15, 0.2) is 11.6 Å². The van der Waals surface area contributed by atoms with Crippen molar-refractivity contribution in [3.05, 3.63) is 59.7 Å². The van der Waals surface area contributed by atoms with Crippen LogP contribution in [0.1, 0.15) is 23.2 Å². The van der Waals surface area contributed by atoms with Crippen LogP contribution < -0.4 is 10.1 Å². The van der Waals surface area contributed by atoms with Crippen molar-refractivity contribution >= 4 is 11.9 Å². The van der Waals surface area contributed by atoms with Gasteiger partial charge in [-0.05, 0) is 49.2 Å². The Morgan fingerprint density at radius 3 is 2.29 bits per heavy atom. The molecule has 6 nitrogen and oxygen atoms in total. The van der Waals surface area contributed by atoms with E-state index in [1.165, 1.54) is 30.3 Å². The van der Waals surface area contributed by atoms with E-state index in [1.54, 1.807) is 0 Å². The van der Waals surface area contributed by atoms with Crippen LogP contribution in [0.4, 0.5) is 8.78 Å². The molecule has 0 saturated carbocycles. The Morgan fingerprint density at radius 2 is 1.68 bits per heavy atom. The molecule has 148 valence electrons. The fourth-order valence-corrected chi connectivity index (χ4v) is 2.93. The Hall–Kier alpha value is -3.00. The molecule has 28 heavy (non-hydrogen) atoms. The summed E-state index contributed by atoms with van der Waals surface area (Å²) in [5.41, 5.74) is -0.700. The first kappa shape index (κ1) is 19.8. The Balaban J connectivity index is 1.61. The van der Waals surface area contributed by atoms with Crippen molar-refractivity contribution in [2.75, 3.05) is 19.8 Å². The number of carbonyl (C=O) groups excluding carboxylic acids is 1. The molecule has 0 bridgehead atoms. The van der Waals surface area contributed by atoms with Crippen LogP contribution in [0.3, 0.4) is 0 Å². The van der Waals surface area contributed by atoms with Crippen molar-refractivity contribution in [1.29, 1.82) is 0 Å². The van der Waals surface area contributed by atoms with Gasteiger partial charge in [-0.2, -0.15) is 0 Å². The topological polar surface area (TPSA) is 84.9 Å². The van der Waals surface area contributed by atoms with E-state index < -0.39 is 28.9 Å². The second-order valence-electron chi connectivity index (χ2n) is 6.58. The van der Waals surface area contributed by atoms with E-state index in [1.807, 2.05) is 0 Å². The van der Waals surface area contributed by atoms with Crippen molar-refractivity contribution in [2.45, 2.75) is 12.8 Å². The Morgan fingerprint density at radius 1 is 1.04 bits per heavy atom. The van der Waals surface area contributed by atoms with Crippen molar-refractivity contribution < 1.29 is 33.0 Å². The number of carboxylic acids is 1. The average Bonchev–Trinajstić information content (AvgIpc) is 2.70. The van der Waals surface area contributed by atoms with Gasteiger partial charge in [-0.3, -0.25) is 9.59 Å². The molecule has 2 aromatic rings. The van der Waals surface area contributed by atoms with E-state index in [2.05, 4.69) is 5.32 Å². The van der Waals surface area contributed by atoms with Gasteiger partial charge in [0.25, 0.3) is 5.91 Å². The number of rotatable bonds is 6. The number of halogens is 2. The fraction of sp³-hybridized carbons (Fsp3) is 0.300. The van der Waals surface area contributed by atoms with E-state index in [4.69, 9.17) is 9.47 Å². The first-order valence-electron chi connectivity index (χ1n) is 8.72. The number of carbonyl (C=O) groups is 2. The molecule has 2 N–H and O–H groups in total. The van der Waals surface area contributed by atoms with Gasteiger partial charge in [0.05, 0.1) is 5.41 Å². The monoisotopic (exact) mass is 391 g/mol. The molecule has 0 aliphatic carbocycles. The van der Waals surface area contributed by atoms with E-state index in [9.17, 15) is 23.5 Å². The minimum Gasteiger partial charge on any atom is -0.481 e. The zero-order chi connectivity index (χ0) is 20.1. The van der Waals surface area contributed by atoms with Crippen LogP contribution in [0.15, 0.2) is 42.5 Å². The maximum absolute atomic E-state index is 13.2. The van der Waals surface area contributed by atoms with E-state index >= 15 is 0 Å². The molecule has 1 saturated heterocycles. The van der Waals surface area contributed by atoms with Gasteiger partial charge in [0, 0.05) is 31.4 Å². The van der Waals surface area contributed by atoms with Gasteiger partial charge >= 0.3 is 5.97 Å². The molecule has 0 unspecified atom stereocenters. The smallest absolute Gasteiger partial charge is 0.311 e. The summed E-state index contributed by atoms with van der Waals surface area (Å²) < 4.78 is 36.8. The van der Waals surface area contributed by atoms with Crippen LogP contribution in [-0.2, 0) is 9.53 Å². The second-order valence-corrected chi connectivity index (χ2v) is 6.58. The number of aliphatic carboxylic acids is 1. The van der Waals surface area contributed by atoms with Crippen molar-refractivity contribution in [1.82, 2.24) is 5.32 Å². The lowest BCUT2D eigenvalue weighted by atomic mass is 9.80. The third kappa shape index (κ3) is 4.45. The van der Waals surface area contributed by atoms with Crippen LogP contribution in [0, 0.1) is 17.0 Å². The fourth-order valence-electron chi connectivity index (χ4n) is 2.93. The highest BCUT2D eigenvalue weighted by Gasteiger charge is 2.40. The molecular formula is C20H19F2NO5. The van der Waals surface area contributed by atoms with Gasteiger partial charge in [-0.25, -0.2) is 8.78 Å². The van der Waals surface area contributed by atoms with Crippen LogP contribution >= 0.6 is 0 Å². The van der Waals surface area contributed by atoms with E-state index in [0.717, 1.165) is 12.1 Å². The molecule has 2 aromatic carbocycles. The van der Waals surface area contributed by atoms with Crippen LogP contribution in [-0.4, -0.2) is 36.7 Å². The molecular weight excluding hydrogens is 372 g/mol. The summed E-state index contributed by atoms with van der Waals surface area (Å²) in [6.07, 6.45) is 0.674. The number of benzene rings is 2. The first-order valence-corrected chi connectivity index (χ1v) is 8.72. The summed E-state index contributed by atoms with van der Waals surface area (Å²) in [5, 5.41) is 12.2. The molecule has 0 spiro atoms. The van der Waals surface area contributed by atoms with Gasteiger partial charge in [-0.15, -0.1) is 0 Å². The lowest BCUT2D eigenvalue weighted by Crippen LogP contribution is -2.46. The minimum absolute atomic E-state index is 0.0115. The summed E-state index contributed by atoms with van der Waals surface area (Å²) >= 11 is 0. The van der Waals surface area contributed by atoms with Gasteiger partial charge in [0.2, 0.25) is 0 Å². The van der Waals surface area contributed by atoms with Gasteiger partial charge < -0.3 is 19.9 Å². The third-order valence-electron chi connectivity index (χ3n) is 4.73. The molecule has 1 heterocycles. The minimum atomic E-state index is -1.02. The van der Waals surface area contributed by atoms with E-state index in [-0.39, 0.29) is 12.3 Å². The number of hydrogen-bond donors (Lipinski definition) is 2. The average molecular weight is 391 g/mol. The summed E-state index contributed by atoms with van der Waals surface area (Å²) in [6, 6.07) is 9.20. The molecule has 1 aliphatic heterocycles. The number of ether oxygens (including phenoxy) is 2. The van der Waals surface area contributed by atoms with Crippen molar-refractivity contribution in [3.8, 4) is 11.5 Å². The summed E-state index contributed by atoms with van der Waals surface area (Å²) in [4.78, 5) is 24.0. The second kappa shape index (κ2) is 8.35. The van der Waals surface area contributed by atoms with Crippen LogP contribution in [0.25, 0.3) is 0 Å².